The maximum atomic E-state index is 4.31. The molecule has 1 saturated carbocycles. The molecule has 0 amide bonds. The molecule has 1 aliphatic rings. The van der Waals surface area contributed by atoms with E-state index in [9.17, 15) is 0 Å². The van der Waals surface area contributed by atoms with Crippen molar-refractivity contribution in [1.29, 1.82) is 0 Å². The van der Waals surface area contributed by atoms with E-state index in [4.69, 9.17) is 0 Å². The van der Waals surface area contributed by atoms with E-state index in [1.807, 2.05) is 6.33 Å². The molecule has 2 heteroatoms. The summed E-state index contributed by atoms with van der Waals surface area (Å²) in [5, 5.41) is 0. The molecular formula is C8H12N2. The van der Waals surface area contributed by atoms with Crippen LogP contribution in [-0.4, -0.2) is 9.55 Å². The molecule has 0 radical (unpaired) electrons. The highest BCUT2D eigenvalue weighted by Crippen LogP contribution is 2.38. The normalized spacial score (nSPS) is 17.7. The quantitative estimate of drug-likeness (QED) is 0.606. The van der Waals surface area contributed by atoms with Gasteiger partial charge in [-0.3, -0.25) is 0 Å². The Balaban J connectivity index is 2.19. The third kappa shape index (κ3) is 0.939. The minimum atomic E-state index is 0.799. The van der Waals surface area contributed by atoms with Gasteiger partial charge in [0, 0.05) is 18.7 Å². The molecule has 1 aromatic rings. The monoisotopic (exact) mass is 136 g/mol. The van der Waals surface area contributed by atoms with E-state index in [2.05, 4.69) is 22.7 Å². The van der Waals surface area contributed by atoms with E-state index in [-0.39, 0.29) is 0 Å². The molecule has 0 N–H and O–H groups in total. The number of aromatic nitrogens is 2. The van der Waals surface area contributed by atoms with Crippen LogP contribution in [0.5, 0.6) is 0 Å². The highest BCUT2D eigenvalue weighted by molar-refractivity contribution is 5.10. The summed E-state index contributed by atoms with van der Waals surface area (Å²) in [5.74, 6) is 0.799. The molecule has 2 nitrogen and oxygen atoms in total. The predicted octanol–water partition coefficient (Wildman–Crippen LogP) is 1.78. The van der Waals surface area contributed by atoms with Gasteiger partial charge in [0.05, 0.1) is 12.0 Å². The van der Waals surface area contributed by atoms with Crippen LogP contribution in [0.4, 0.5) is 0 Å². The Morgan fingerprint density at radius 1 is 1.70 bits per heavy atom. The molecule has 54 valence electrons. The first kappa shape index (κ1) is 5.96. The van der Waals surface area contributed by atoms with Crippen molar-refractivity contribution in [3.63, 3.8) is 0 Å². The molecular weight excluding hydrogens is 124 g/mol. The minimum absolute atomic E-state index is 0.799. The van der Waals surface area contributed by atoms with Crippen molar-refractivity contribution in [3.05, 3.63) is 18.2 Å². The Morgan fingerprint density at radius 2 is 2.50 bits per heavy atom. The van der Waals surface area contributed by atoms with Crippen LogP contribution >= 0.6 is 0 Å². The van der Waals surface area contributed by atoms with Crippen molar-refractivity contribution in [1.82, 2.24) is 9.55 Å². The third-order valence-electron chi connectivity index (χ3n) is 2.01. The molecule has 0 unspecified atom stereocenters. The third-order valence-corrected chi connectivity index (χ3v) is 2.01. The van der Waals surface area contributed by atoms with Gasteiger partial charge in [-0.25, -0.2) is 4.98 Å². The van der Waals surface area contributed by atoms with Crippen molar-refractivity contribution in [2.24, 2.45) is 0 Å². The molecule has 0 atom stereocenters. The Kier molecular flexibility index (Phi) is 1.26. The van der Waals surface area contributed by atoms with Gasteiger partial charge < -0.3 is 4.57 Å². The first-order chi connectivity index (χ1) is 4.90. The first-order valence-electron chi connectivity index (χ1n) is 3.92. The number of rotatable bonds is 2. The van der Waals surface area contributed by atoms with Crippen LogP contribution < -0.4 is 0 Å². The van der Waals surface area contributed by atoms with Gasteiger partial charge in [-0.1, -0.05) is 0 Å². The number of nitrogens with zero attached hydrogens (tertiary/aromatic N) is 2. The summed E-state index contributed by atoms with van der Waals surface area (Å²) in [7, 11) is 0. The fourth-order valence-electron chi connectivity index (χ4n) is 1.14. The number of imidazole rings is 1. The second-order valence-corrected chi connectivity index (χ2v) is 2.90. The molecule has 0 saturated heterocycles. The Hall–Kier alpha value is -0.790. The van der Waals surface area contributed by atoms with Crippen molar-refractivity contribution in [2.75, 3.05) is 0 Å². The maximum absolute atomic E-state index is 4.31. The van der Waals surface area contributed by atoms with E-state index < -0.39 is 0 Å². The van der Waals surface area contributed by atoms with Gasteiger partial charge >= 0.3 is 0 Å². The van der Waals surface area contributed by atoms with E-state index in [1.54, 1.807) is 0 Å². The number of hydrogen-bond donors (Lipinski definition) is 0. The molecule has 10 heavy (non-hydrogen) atoms. The zero-order valence-electron chi connectivity index (χ0n) is 6.25. The van der Waals surface area contributed by atoms with Crippen LogP contribution in [0, 0.1) is 0 Å². The lowest BCUT2D eigenvalue weighted by molar-refractivity contribution is 0.760. The van der Waals surface area contributed by atoms with Crippen LogP contribution in [0.1, 0.15) is 31.4 Å². The lowest BCUT2D eigenvalue weighted by Gasteiger charge is -1.90. The SMILES string of the molecule is CCn1cnc(C2CC2)c1. The fourth-order valence-corrected chi connectivity index (χ4v) is 1.14. The lowest BCUT2D eigenvalue weighted by atomic mass is 10.3. The molecule has 0 spiro atoms. The summed E-state index contributed by atoms with van der Waals surface area (Å²) in [6.45, 7) is 3.18. The highest BCUT2D eigenvalue weighted by atomic mass is 15.0. The van der Waals surface area contributed by atoms with E-state index >= 15 is 0 Å². The smallest absolute Gasteiger partial charge is 0.0949 e. The zero-order chi connectivity index (χ0) is 6.97. The van der Waals surface area contributed by atoms with Crippen LogP contribution in [0.15, 0.2) is 12.5 Å². The summed E-state index contributed by atoms with van der Waals surface area (Å²) in [4.78, 5) is 4.31. The zero-order valence-corrected chi connectivity index (χ0v) is 6.25. The Labute approximate surface area is 60.9 Å². The largest absolute Gasteiger partial charge is 0.337 e. The second kappa shape index (κ2) is 2.11. The van der Waals surface area contributed by atoms with Crippen molar-refractivity contribution in [3.8, 4) is 0 Å². The van der Waals surface area contributed by atoms with Crippen molar-refractivity contribution in [2.45, 2.75) is 32.2 Å². The molecule has 2 rings (SSSR count). The van der Waals surface area contributed by atoms with Gasteiger partial charge in [0.25, 0.3) is 0 Å². The lowest BCUT2D eigenvalue weighted by Crippen LogP contribution is -1.86. The van der Waals surface area contributed by atoms with Crippen LogP contribution in [0.25, 0.3) is 0 Å². The molecule has 0 aliphatic heterocycles. The minimum Gasteiger partial charge on any atom is -0.337 e. The average molecular weight is 136 g/mol. The average Bonchev–Trinajstić information content (AvgIpc) is 2.70. The van der Waals surface area contributed by atoms with Gasteiger partial charge in [0.1, 0.15) is 0 Å². The molecule has 0 aromatic carbocycles. The molecule has 1 aromatic heterocycles. The standard InChI is InChI=1S/C8H12N2/c1-2-10-5-8(9-6-10)7-3-4-7/h5-7H,2-4H2,1H3. The summed E-state index contributed by atoms with van der Waals surface area (Å²) in [5.41, 5.74) is 1.29. The summed E-state index contributed by atoms with van der Waals surface area (Å²) in [6, 6.07) is 0. The molecule has 1 fully saturated rings. The fraction of sp³-hybridized carbons (Fsp3) is 0.625. The first-order valence-corrected chi connectivity index (χ1v) is 3.92. The second-order valence-electron chi connectivity index (χ2n) is 2.90. The number of aryl methyl sites for hydroxylation is 1. The maximum Gasteiger partial charge on any atom is 0.0949 e. The van der Waals surface area contributed by atoms with Crippen LogP contribution in [0.3, 0.4) is 0 Å². The topological polar surface area (TPSA) is 17.8 Å². The van der Waals surface area contributed by atoms with E-state index in [0.29, 0.717) is 0 Å². The Morgan fingerprint density at radius 3 is 3.00 bits per heavy atom. The molecule has 1 heterocycles. The summed E-state index contributed by atoms with van der Waals surface area (Å²) >= 11 is 0. The Bertz CT molecular complexity index is 223. The summed E-state index contributed by atoms with van der Waals surface area (Å²) < 4.78 is 2.13. The highest BCUT2D eigenvalue weighted by Gasteiger charge is 2.25. The van der Waals surface area contributed by atoms with Gasteiger partial charge in [0.15, 0.2) is 0 Å². The van der Waals surface area contributed by atoms with Crippen LogP contribution in [-0.2, 0) is 6.54 Å². The van der Waals surface area contributed by atoms with Crippen molar-refractivity contribution >= 4 is 0 Å². The van der Waals surface area contributed by atoms with E-state index in [0.717, 1.165) is 12.5 Å². The molecule has 1 aliphatic carbocycles. The van der Waals surface area contributed by atoms with Gasteiger partial charge in [0.2, 0.25) is 0 Å². The van der Waals surface area contributed by atoms with Crippen molar-refractivity contribution < 1.29 is 0 Å². The van der Waals surface area contributed by atoms with Gasteiger partial charge in [-0.2, -0.15) is 0 Å². The van der Waals surface area contributed by atoms with E-state index in [1.165, 1.54) is 18.5 Å². The van der Waals surface area contributed by atoms with Gasteiger partial charge in [-0.05, 0) is 19.8 Å². The van der Waals surface area contributed by atoms with Gasteiger partial charge in [-0.15, -0.1) is 0 Å². The number of hydrogen-bond acceptors (Lipinski definition) is 1. The molecule has 0 bridgehead atoms. The predicted molar refractivity (Wildman–Crippen MR) is 39.9 cm³/mol. The summed E-state index contributed by atoms with van der Waals surface area (Å²) in [6.07, 6.45) is 6.78. The van der Waals surface area contributed by atoms with Crippen LogP contribution in [0.2, 0.25) is 0 Å².